The Kier molecular flexibility index (Phi) is 4.15. The first-order valence-electron chi connectivity index (χ1n) is 8.24. The number of rotatable bonds is 2. The van der Waals surface area contributed by atoms with E-state index in [0.717, 1.165) is 24.8 Å². The first kappa shape index (κ1) is 15.8. The third-order valence-electron chi connectivity index (χ3n) is 5.03. The second-order valence-corrected chi connectivity index (χ2v) is 6.74. The SMILES string of the molecule is CO[C@@H]1CC[C@H]2OCCN(C(=O)c3ccc4[nH]c(=S)oc4c3)[C@H]2C1. The van der Waals surface area contributed by atoms with Gasteiger partial charge in [-0.25, -0.2) is 0 Å². The summed E-state index contributed by atoms with van der Waals surface area (Å²) < 4.78 is 16.8. The van der Waals surface area contributed by atoms with Crippen molar-refractivity contribution in [2.24, 2.45) is 0 Å². The molecule has 0 spiro atoms. The maximum Gasteiger partial charge on any atom is 0.266 e. The molecular formula is C17H20N2O4S. The molecule has 0 radical (unpaired) electrons. The number of benzene rings is 1. The van der Waals surface area contributed by atoms with E-state index in [0.29, 0.717) is 29.1 Å². The van der Waals surface area contributed by atoms with E-state index in [-0.39, 0.29) is 24.2 Å². The molecule has 1 saturated heterocycles. The minimum Gasteiger partial charge on any atom is -0.429 e. The van der Waals surface area contributed by atoms with Crippen LogP contribution in [0.4, 0.5) is 0 Å². The molecule has 4 rings (SSSR count). The standard InChI is InChI=1S/C17H20N2O4S/c1-21-11-3-5-14-13(9-11)19(6-7-22-14)16(20)10-2-4-12-15(8-10)23-17(24)18-12/h2,4,8,11,13-14H,3,5-7,9H2,1H3,(H,18,24)/t11-,13+,14-/m1/s1. The van der Waals surface area contributed by atoms with Crippen molar-refractivity contribution in [2.45, 2.75) is 37.5 Å². The number of hydrogen-bond donors (Lipinski definition) is 1. The van der Waals surface area contributed by atoms with Crippen molar-refractivity contribution in [1.29, 1.82) is 0 Å². The van der Waals surface area contributed by atoms with Crippen LogP contribution in [0, 0.1) is 4.84 Å². The smallest absolute Gasteiger partial charge is 0.266 e. The molecule has 1 aromatic heterocycles. The molecule has 2 aromatic rings. The highest BCUT2D eigenvalue weighted by molar-refractivity contribution is 7.71. The lowest BCUT2D eigenvalue weighted by atomic mass is 9.87. The number of nitrogens with zero attached hydrogens (tertiary/aromatic N) is 1. The van der Waals surface area contributed by atoms with Gasteiger partial charge in [-0.2, -0.15) is 0 Å². The average Bonchev–Trinajstić information content (AvgIpc) is 2.99. The van der Waals surface area contributed by atoms with E-state index in [1.807, 2.05) is 17.0 Å². The van der Waals surface area contributed by atoms with Gasteiger partial charge in [0.2, 0.25) is 0 Å². The summed E-state index contributed by atoms with van der Waals surface area (Å²) in [7, 11) is 1.73. The molecule has 0 bridgehead atoms. The third kappa shape index (κ3) is 2.76. The van der Waals surface area contributed by atoms with Crippen molar-refractivity contribution < 1.29 is 18.7 Å². The van der Waals surface area contributed by atoms with Gasteiger partial charge in [0, 0.05) is 19.2 Å². The van der Waals surface area contributed by atoms with E-state index in [2.05, 4.69) is 4.98 Å². The summed E-state index contributed by atoms with van der Waals surface area (Å²) >= 11 is 5.00. The molecule has 2 aliphatic rings. The van der Waals surface area contributed by atoms with Crippen LogP contribution in [0.5, 0.6) is 0 Å². The molecule has 24 heavy (non-hydrogen) atoms. The zero-order valence-electron chi connectivity index (χ0n) is 13.5. The number of aromatic nitrogens is 1. The first-order valence-corrected chi connectivity index (χ1v) is 8.65. The van der Waals surface area contributed by atoms with Crippen LogP contribution in [0.3, 0.4) is 0 Å². The van der Waals surface area contributed by atoms with Crippen LogP contribution in [0.1, 0.15) is 29.6 Å². The highest BCUT2D eigenvalue weighted by atomic mass is 32.1. The quantitative estimate of drug-likeness (QED) is 0.845. The Morgan fingerprint density at radius 1 is 1.42 bits per heavy atom. The predicted molar refractivity (Wildman–Crippen MR) is 90.6 cm³/mol. The maximum atomic E-state index is 13.1. The number of morpholine rings is 1. The summed E-state index contributed by atoms with van der Waals surface area (Å²) in [5.41, 5.74) is 2.02. The molecule has 128 valence electrons. The number of oxazole rings is 1. The molecule has 1 N–H and O–H groups in total. The summed E-state index contributed by atoms with van der Waals surface area (Å²) in [4.78, 5) is 18.2. The van der Waals surface area contributed by atoms with Crippen LogP contribution in [0.25, 0.3) is 11.1 Å². The zero-order valence-corrected chi connectivity index (χ0v) is 14.3. The Balaban J connectivity index is 1.62. The van der Waals surface area contributed by atoms with Gasteiger partial charge in [0.05, 0.1) is 30.4 Å². The summed E-state index contributed by atoms with van der Waals surface area (Å²) in [5.74, 6) is 0.00858. The minimum atomic E-state index is 0.00858. The lowest BCUT2D eigenvalue weighted by Gasteiger charge is -2.45. The van der Waals surface area contributed by atoms with Gasteiger partial charge in [0.25, 0.3) is 10.7 Å². The highest BCUT2D eigenvalue weighted by Gasteiger charge is 2.40. The molecule has 6 nitrogen and oxygen atoms in total. The van der Waals surface area contributed by atoms with Crippen molar-refractivity contribution in [3.63, 3.8) is 0 Å². The zero-order chi connectivity index (χ0) is 16.7. The molecular weight excluding hydrogens is 328 g/mol. The lowest BCUT2D eigenvalue weighted by Crippen LogP contribution is -2.56. The van der Waals surface area contributed by atoms with Crippen molar-refractivity contribution in [1.82, 2.24) is 9.88 Å². The number of fused-ring (bicyclic) bond motifs is 2. The van der Waals surface area contributed by atoms with Crippen LogP contribution in [0.2, 0.25) is 0 Å². The van der Waals surface area contributed by atoms with Gasteiger partial charge in [-0.05, 0) is 49.7 Å². The van der Waals surface area contributed by atoms with E-state index >= 15 is 0 Å². The van der Waals surface area contributed by atoms with Gasteiger partial charge in [-0.15, -0.1) is 0 Å². The van der Waals surface area contributed by atoms with Gasteiger partial charge >= 0.3 is 0 Å². The molecule has 2 fully saturated rings. The first-order chi connectivity index (χ1) is 11.7. The Hall–Kier alpha value is -1.70. The summed E-state index contributed by atoms with van der Waals surface area (Å²) in [6.45, 7) is 1.18. The monoisotopic (exact) mass is 348 g/mol. The summed E-state index contributed by atoms with van der Waals surface area (Å²) in [6, 6.07) is 5.47. The number of ether oxygens (including phenoxy) is 2. The van der Waals surface area contributed by atoms with Crippen LogP contribution < -0.4 is 0 Å². The molecule has 1 amide bonds. The minimum absolute atomic E-state index is 0.00858. The fourth-order valence-corrected chi connectivity index (χ4v) is 3.98. The number of aromatic amines is 1. The van der Waals surface area contributed by atoms with Crippen LogP contribution in [0.15, 0.2) is 22.6 Å². The molecule has 1 aromatic carbocycles. The van der Waals surface area contributed by atoms with Crippen molar-refractivity contribution >= 4 is 29.2 Å². The molecule has 3 atom stereocenters. The number of carbonyl (C=O) groups is 1. The maximum absolute atomic E-state index is 13.1. The number of carbonyl (C=O) groups excluding carboxylic acids is 1. The molecule has 0 unspecified atom stereocenters. The molecule has 2 heterocycles. The molecule has 7 heteroatoms. The molecule has 1 aliphatic carbocycles. The van der Waals surface area contributed by atoms with Gasteiger partial charge < -0.3 is 23.8 Å². The van der Waals surface area contributed by atoms with E-state index in [4.69, 9.17) is 26.1 Å². The average molecular weight is 348 g/mol. The van der Waals surface area contributed by atoms with Crippen molar-refractivity contribution in [3.05, 3.63) is 28.6 Å². The largest absolute Gasteiger partial charge is 0.429 e. The number of hydrogen-bond acceptors (Lipinski definition) is 5. The second-order valence-electron chi connectivity index (χ2n) is 6.37. The Bertz CT molecular complexity index is 814. The third-order valence-corrected chi connectivity index (χ3v) is 5.22. The number of amides is 1. The predicted octanol–water partition coefficient (Wildman–Crippen LogP) is 2.90. The van der Waals surface area contributed by atoms with Gasteiger partial charge in [-0.1, -0.05) is 0 Å². The van der Waals surface area contributed by atoms with Crippen LogP contribution >= 0.6 is 12.2 Å². The number of H-pyrrole nitrogens is 1. The Labute approximate surface area is 144 Å². The second kappa shape index (κ2) is 6.31. The van der Waals surface area contributed by atoms with E-state index in [1.165, 1.54) is 0 Å². The highest BCUT2D eigenvalue weighted by Crippen LogP contribution is 2.31. The number of nitrogens with one attached hydrogen (secondary N) is 1. The summed E-state index contributed by atoms with van der Waals surface area (Å²) in [6.07, 6.45) is 3.02. The van der Waals surface area contributed by atoms with E-state index in [9.17, 15) is 4.79 Å². The summed E-state index contributed by atoms with van der Waals surface area (Å²) in [5, 5.41) is 0. The normalized spacial score (nSPS) is 27.2. The van der Waals surface area contributed by atoms with Crippen molar-refractivity contribution in [2.75, 3.05) is 20.3 Å². The fourth-order valence-electron chi connectivity index (χ4n) is 3.78. The van der Waals surface area contributed by atoms with Gasteiger partial charge in [-0.3, -0.25) is 4.79 Å². The molecule has 1 aliphatic heterocycles. The number of methoxy groups -OCH3 is 1. The Morgan fingerprint density at radius 2 is 2.29 bits per heavy atom. The fraction of sp³-hybridized carbons (Fsp3) is 0.529. The van der Waals surface area contributed by atoms with E-state index in [1.54, 1.807) is 13.2 Å². The van der Waals surface area contributed by atoms with Gasteiger partial charge in [0.1, 0.15) is 0 Å². The lowest BCUT2D eigenvalue weighted by molar-refractivity contribution is -0.101. The van der Waals surface area contributed by atoms with E-state index < -0.39 is 0 Å². The van der Waals surface area contributed by atoms with Crippen LogP contribution in [-0.2, 0) is 9.47 Å². The van der Waals surface area contributed by atoms with Crippen LogP contribution in [-0.4, -0.2) is 54.3 Å². The topological polar surface area (TPSA) is 67.7 Å². The van der Waals surface area contributed by atoms with Gasteiger partial charge in [0.15, 0.2) is 5.58 Å². The molecule has 1 saturated carbocycles. The Morgan fingerprint density at radius 3 is 3.12 bits per heavy atom. The van der Waals surface area contributed by atoms with Crippen molar-refractivity contribution in [3.8, 4) is 0 Å².